The predicted octanol–water partition coefficient (Wildman–Crippen LogP) is 4.48. The number of halogens is 3. The van der Waals surface area contributed by atoms with Crippen molar-refractivity contribution < 1.29 is 14.0 Å². The average molecular weight is 482 g/mol. The molecule has 162 valence electrons. The molecule has 0 radical (unpaired) electrons. The third-order valence-electron chi connectivity index (χ3n) is 4.20. The van der Waals surface area contributed by atoms with Crippen molar-refractivity contribution in [2.24, 2.45) is 7.05 Å². The van der Waals surface area contributed by atoms with Gasteiger partial charge in [0.05, 0.1) is 17.4 Å². The molecular weight excluding hydrogens is 464 g/mol. The molecule has 0 bridgehead atoms. The number of thioether (sulfide) groups is 1. The predicted molar refractivity (Wildman–Crippen MR) is 119 cm³/mol. The molecule has 0 fully saturated rings. The molecule has 1 aromatic heterocycles. The highest BCUT2D eigenvalue weighted by Gasteiger charge is 2.20. The highest BCUT2D eigenvalue weighted by molar-refractivity contribution is 7.99. The molecule has 3 rings (SSSR count). The van der Waals surface area contributed by atoms with E-state index in [0.717, 1.165) is 0 Å². The summed E-state index contributed by atoms with van der Waals surface area (Å²) in [6.45, 7) is 1.72. The van der Waals surface area contributed by atoms with Gasteiger partial charge in [0.25, 0.3) is 5.91 Å². The summed E-state index contributed by atoms with van der Waals surface area (Å²) in [5, 5.41) is 14.9. The first kappa shape index (κ1) is 23.1. The number of hydrogen-bond donors (Lipinski definition) is 2. The Labute approximate surface area is 192 Å². The normalized spacial score (nSPS) is 11.8. The molecule has 1 atom stereocenters. The highest BCUT2D eigenvalue weighted by Crippen LogP contribution is 2.24. The van der Waals surface area contributed by atoms with E-state index in [9.17, 15) is 14.0 Å². The van der Waals surface area contributed by atoms with Gasteiger partial charge in [0, 0.05) is 22.8 Å². The first-order chi connectivity index (χ1) is 14.7. The van der Waals surface area contributed by atoms with Crippen LogP contribution in [0.2, 0.25) is 10.0 Å². The number of nitrogens with zero attached hydrogens (tertiary/aromatic N) is 3. The maximum Gasteiger partial charge on any atom is 0.254 e. The monoisotopic (exact) mass is 481 g/mol. The van der Waals surface area contributed by atoms with E-state index in [0.29, 0.717) is 26.7 Å². The van der Waals surface area contributed by atoms with Crippen molar-refractivity contribution in [3.05, 3.63) is 69.7 Å². The number of carbonyl (C=O) groups is 2. The number of rotatable bonds is 7. The Morgan fingerprint density at radius 3 is 2.52 bits per heavy atom. The van der Waals surface area contributed by atoms with Crippen molar-refractivity contribution in [1.82, 2.24) is 20.1 Å². The van der Waals surface area contributed by atoms with Crippen molar-refractivity contribution in [2.75, 3.05) is 11.1 Å². The van der Waals surface area contributed by atoms with Crippen molar-refractivity contribution in [3.8, 4) is 0 Å². The second kappa shape index (κ2) is 10.1. The van der Waals surface area contributed by atoms with Gasteiger partial charge in [-0.25, -0.2) is 4.39 Å². The molecule has 7 nitrogen and oxygen atoms in total. The summed E-state index contributed by atoms with van der Waals surface area (Å²) in [5.41, 5.74) is 0.440. The summed E-state index contributed by atoms with van der Waals surface area (Å²) in [4.78, 5) is 24.5. The molecule has 0 unspecified atom stereocenters. The molecule has 31 heavy (non-hydrogen) atoms. The third kappa shape index (κ3) is 5.96. The second-order valence-corrected chi connectivity index (χ2v) is 8.39. The van der Waals surface area contributed by atoms with Crippen LogP contribution >= 0.6 is 35.0 Å². The van der Waals surface area contributed by atoms with Crippen molar-refractivity contribution in [1.29, 1.82) is 0 Å². The van der Waals surface area contributed by atoms with Gasteiger partial charge in [0.15, 0.2) is 11.0 Å². The Hall–Kier alpha value is -2.62. The topological polar surface area (TPSA) is 88.9 Å². The Balaban J connectivity index is 1.59. The van der Waals surface area contributed by atoms with Gasteiger partial charge in [0.1, 0.15) is 5.82 Å². The molecule has 0 aliphatic rings. The van der Waals surface area contributed by atoms with E-state index in [-0.39, 0.29) is 17.2 Å². The van der Waals surface area contributed by atoms with Crippen LogP contribution in [0.25, 0.3) is 0 Å². The third-order valence-corrected chi connectivity index (χ3v) is 5.66. The molecule has 0 saturated heterocycles. The standard InChI is InChI=1S/C20H18Cl2FN5O2S/c1-11(24-19(30)15-5-3-4-6-16(15)23)18-26-27-20(28(18)2)31-10-17(29)25-14-8-12(21)7-13(22)9-14/h3-9,11H,10H2,1-2H3,(H,24,30)(H,25,29)/t11-/m0/s1. The lowest BCUT2D eigenvalue weighted by Crippen LogP contribution is -2.29. The molecule has 2 N–H and O–H groups in total. The van der Waals surface area contributed by atoms with Crippen LogP contribution in [0.1, 0.15) is 29.1 Å². The molecule has 3 aromatic rings. The summed E-state index contributed by atoms with van der Waals surface area (Å²) in [6.07, 6.45) is 0. The summed E-state index contributed by atoms with van der Waals surface area (Å²) >= 11 is 13.0. The van der Waals surface area contributed by atoms with E-state index >= 15 is 0 Å². The summed E-state index contributed by atoms with van der Waals surface area (Å²) in [7, 11) is 1.72. The van der Waals surface area contributed by atoms with Gasteiger partial charge >= 0.3 is 0 Å². The van der Waals surface area contributed by atoms with Gasteiger partial charge in [-0.2, -0.15) is 0 Å². The van der Waals surface area contributed by atoms with Crippen LogP contribution in [0.15, 0.2) is 47.6 Å². The summed E-state index contributed by atoms with van der Waals surface area (Å²) in [6, 6.07) is 9.95. The van der Waals surface area contributed by atoms with Gasteiger partial charge in [-0.1, -0.05) is 47.1 Å². The molecular formula is C20H18Cl2FN5O2S. The number of anilines is 1. The largest absolute Gasteiger partial charge is 0.342 e. The van der Waals surface area contributed by atoms with Gasteiger partial charge < -0.3 is 15.2 Å². The minimum atomic E-state index is -0.603. The van der Waals surface area contributed by atoms with Gasteiger partial charge in [0.2, 0.25) is 5.91 Å². The van der Waals surface area contributed by atoms with Crippen LogP contribution < -0.4 is 10.6 Å². The maximum atomic E-state index is 13.8. The molecule has 2 amide bonds. The zero-order chi connectivity index (χ0) is 22.5. The fourth-order valence-corrected chi connectivity index (χ4v) is 4.01. The number of benzene rings is 2. The number of nitrogens with one attached hydrogen (secondary N) is 2. The second-order valence-electron chi connectivity index (χ2n) is 6.57. The minimum Gasteiger partial charge on any atom is -0.342 e. The quantitative estimate of drug-likeness (QED) is 0.485. The molecule has 0 saturated carbocycles. The lowest BCUT2D eigenvalue weighted by molar-refractivity contribution is -0.113. The van der Waals surface area contributed by atoms with Gasteiger partial charge in [-0.05, 0) is 37.3 Å². The number of amides is 2. The minimum absolute atomic E-state index is 0.0519. The van der Waals surface area contributed by atoms with E-state index in [1.165, 1.54) is 30.0 Å². The first-order valence-electron chi connectivity index (χ1n) is 9.08. The Morgan fingerprint density at radius 1 is 1.16 bits per heavy atom. The van der Waals surface area contributed by atoms with Gasteiger partial charge in [-0.15, -0.1) is 10.2 Å². The SMILES string of the molecule is C[C@H](NC(=O)c1ccccc1F)c1nnc(SCC(=O)Nc2cc(Cl)cc(Cl)c2)n1C. The Kier molecular flexibility index (Phi) is 7.53. The fraction of sp³-hybridized carbons (Fsp3) is 0.200. The Bertz CT molecular complexity index is 1100. The van der Waals surface area contributed by atoms with E-state index in [4.69, 9.17) is 23.2 Å². The van der Waals surface area contributed by atoms with Crippen LogP contribution in [0, 0.1) is 5.82 Å². The lowest BCUT2D eigenvalue weighted by atomic mass is 10.2. The average Bonchev–Trinajstić information content (AvgIpc) is 3.06. The van der Waals surface area contributed by atoms with Crippen molar-refractivity contribution in [2.45, 2.75) is 18.1 Å². The molecule has 0 aliphatic heterocycles. The van der Waals surface area contributed by atoms with Crippen LogP contribution in [-0.4, -0.2) is 32.3 Å². The van der Waals surface area contributed by atoms with E-state index in [2.05, 4.69) is 20.8 Å². The lowest BCUT2D eigenvalue weighted by Gasteiger charge is -2.14. The van der Waals surface area contributed by atoms with Crippen LogP contribution in [0.5, 0.6) is 0 Å². The molecule has 0 spiro atoms. The zero-order valence-corrected chi connectivity index (χ0v) is 18.9. The van der Waals surface area contributed by atoms with E-state index in [1.54, 1.807) is 42.8 Å². The van der Waals surface area contributed by atoms with Crippen LogP contribution in [0.4, 0.5) is 10.1 Å². The molecule has 11 heteroatoms. The van der Waals surface area contributed by atoms with Crippen molar-refractivity contribution in [3.63, 3.8) is 0 Å². The number of carbonyl (C=O) groups excluding carboxylic acids is 2. The van der Waals surface area contributed by atoms with Gasteiger partial charge in [-0.3, -0.25) is 9.59 Å². The van der Waals surface area contributed by atoms with Crippen LogP contribution in [0.3, 0.4) is 0 Å². The van der Waals surface area contributed by atoms with Crippen molar-refractivity contribution >= 4 is 52.5 Å². The number of aromatic nitrogens is 3. The first-order valence-corrected chi connectivity index (χ1v) is 10.8. The smallest absolute Gasteiger partial charge is 0.254 e. The van der Waals surface area contributed by atoms with Crippen LogP contribution in [-0.2, 0) is 11.8 Å². The number of hydrogen-bond acceptors (Lipinski definition) is 5. The summed E-state index contributed by atoms with van der Waals surface area (Å²) in [5.74, 6) is -0.884. The van der Waals surface area contributed by atoms with E-state index < -0.39 is 17.8 Å². The molecule has 1 heterocycles. The maximum absolute atomic E-state index is 13.8. The summed E-state index contributed by atoms with van der Waals surface area (Å²) < 4.78 is 15.5. The molecule has 0 aliphatic carbocycles. The van der Waals surface area contributed by atoms with E-state index in [1.807, 2.05) is 0 Å². The Morgan fingerprint density at radius 2 is 1.84 bits per heavy atom. The molecule has 2 aromatic carbocycles. The fourth-order valence-electron chi connectivity index (χ4n) is 2.77. The zero-order valence-electron chi connectivity index (χ0n) is 16.5. The highest BCUT2D eigenvalue weighted by atomic mass is 35.5.